The van der Waals surface area contributed by atoms with Gasteiger partial charge in [-0.25, -0.2) is 9.78 Å². The molecule has 2 aromatic heterocycles. The van der Waals surface area contributed by atoms with E-state index in [0.717, 1.165) is 0 Å². The topological polar surface area (TPSA) is 116 Å². The normalized spacial score (nSPS) is 10.4. The number of para-hydroxylation sites is 2. The molecule has 9 nitrogen and oxygen atoms in total. The third-order valence-corrected chi connectivity index (χ3v) is 3.28. The van der Waals surface area contributed by atoms with E-state index < -0.39 is 23.4 Å². The van der Waals surface area contributed by atoms with Gasteiger partial charge in [0.1, 0.15) is 11.3 Å². The summed E-state index contributed by atoms with van der Waals surface area (Å²) in [5, 5.41) is 13.2. The minimum Gasteiger partial charge on any atom is -0.451 e. The molecule has 0 unspecified atom stereocenters. The van der Waals surface area contributed by atoms with Crippen LogP contribution in [0.25, 0.3) is 5.65 Å². The molecular formula is C16H12N4O5. The van der Waals surface area contributed by atoms with Crippen LogP contribution in [0.4, 0.5) is 11.4 Å². The van der Waals surface area contributed by atoms with Gasteiger partial charge in [-0.1, -0.05) is 18.2 Å². The highest BCUT2D eigenvalue weighted by molar-refractivity contribution is 5.96. The number of rotatable bonds is 5. The summed E-state index contributed by atoms with van der Waals surface area (Å²) < 4.78 is 6.54. The van der Waals surface area contributed by atoms with Crippen LogP contribution >= 0.6 is 0 Å². The van der Waals surface area contributed by atoms with Crippen molar-refractivity contribution in [1.29, 1.82) is 0 Å². The van der Waals surface area contributed by atoms with Gasteiger partial charge in [0.15, 0.2) is 12.3 Å². The molecular weight excluding hydrogens is 328 g/mol. The van der Waals surface area contributed by atoms with E-state index in [4.69, 9.17) is 4.74 Å². The standard InChI is InChI=1S/C16H12N4O5/c21-15(18-11-5-1-2-6-13(11)20(23)24)10-25-16(22)12-9-19-8-4-3-7-14(19)17-12/h1-9H,10H2,(H,18,21). The molecule has 0 fully saturated rings. The highest BCUT2D eigenvalue weighted by Gasteiger charge is 2.17. The van der Waals surface area contributed by atoms with Gasteiger partial charge < -0.3 is 14.5 Å². The molecule has 0 aliphatic rings. The van der Waals surface area contributed by atoms with Crippen LogP contribution in [0.3, 0.4) is 0 Å². The lowest BCUT2D eigenvalue weighted by Gasteiger charge is -2.06. The monoisotopic (exact) mass is 340 g/mol. The zero-order valence-corrected chi connectivity index (χ0v) is 12.8. The zero-order chi connectivity index (χ0) is 17.8. The van der Waals surface area contributed by atoms with Crippen molar-refractivity contribution in [2.75, 3.05) is 11.9 Å². The van der Waals surface area contributed by atoms with Crippen LogP contribution in [-0.4, -0.2) is 32.8 Å². The summed E-state index contributed by atoms with van der Waals surface area (Å²) in [6, 6.07) is 11.0. The number of aromatic nitrogens is 2. The number of amides is 1. The van der Waals surface area contributed by atoms with E-state index in [1.807, 2.05) is 0 Å². The first kappa shape index (κ1) is 16.1. The Bertz CT molecular complexity index is 933. The minimum atomic E-state index is -0.763. The molecule has 0 saturated heterocycles. The number of ether oxygens (including phenoxy) is 1. The second-order valence-electron chi connectivity index (χ2n) is 4.99. The molecule has 0 atom stereocenters. The van der Waals surface area contributed by atoms with Crippen molar-refractivity contribution >= 4 is 28.9 Å². The number of hydrogen-bond acceptors (Lipinski definition) is 6. The predicted octanol–water partition coefficient (Wildman–Crippen LogP) is 2.04. The lowest BCUT2D eigenvalue weighted by atomic mass is 10.2. The van der Waals surface area contributed by atoms with Crippen molar-refractivity contribution in [3.8, 4) is 0 Å². The van der Waals surface area contributed by atoms with Crippen LogP contribution in [0.15, 0.2) is 54.9 Å². The Morgan fingerprint density at radius 3 is 2.72 bits per heavy atom. The average Bonchev–Trinajstić information content (AvgIpc) is 3.04. The molecule has 1 amide bonds. The maximum absolute atomic E-state index is 12.0. The number of esters is 1. The van der Waals surface area contributed by atoms with Gasteiger partial charge in [-0.05, 0) is 18.2 Å². The van der Waals surface area contributed by atoms with E-state index in [9.17, 15) is 19.7 Å². The van der Waals surface area contributed by atoms with Crippen molar-refractivity contribution in [3.05, 3.63) is 70.7 Å². The molecule has 0 saturated carbocycles. The number of nitrogens with zero attached hydrogens (tertiary/aromatic N) is 3. The van der Waals surface area contributed by atoms with E-state index in [2.05, 4.69) is 10.3 Å². The second kappa shape index (κ2) is 6.79. The fourth-order valence-electron chi connectivity index (χ4n) is 2.16. The van der Waals surface area contributed by atoms with Crippen LogP contribution in [0.1, 0.15) is 10.5 Å². The summed E-state index contributed by atoms with van der Waals surface area (Å²) in [6.45, 7) is -0.585. The summed E-state index contributed by atoms with van der Waals surface area (Å²) in [5.74, 6) is -1.45. The van der Waals surface area contributed by atoms with E-state index in [-0.39, 0.29) is 17.1 Å². The molecule has 0 bridgehead atoms. The number of carbonyl (C=O) groups excluding carboxylic acids is 2. The number of nitro benzene ring substituents is 1. The van der Waals surface area contributed by atoms with E-state index in [1.54, 1.807) is 34.9 Å². The van der Waals surface area contributed by atoms with Gasteiger partial charge in [-0.15, -0.1) is 0 Å². The maximum Gasteiger partial charge on any atom is 0.359 e. The van der Waals surface area contributed by atoms with Crippen LogP contribution in [0, 0.1) is 10.1 Å². The van der Waals surface area contributed by atoms with Crippen LogP contribution < -0.4 is 5.32 Å². The largest absolute Gasteiger partial charge is 0.451 e. The van der Waals surface area contributed by atoms with Gasteiger partial charge >= 0.3 is 5.97 Å². The Labute approximate surface area is 141 Å². The minimum absolute atomic E-state index is 0.0290. The number of nitro groups is 1. The number of fused-ring (bicyclic) bond motifs is 1. The first-order valence-electron chi connectivity index (χ1n) is 7.19. The molecule has 2 heterocycles. The predicted molar refractivity (Wildman–Crippen MR) is 87.2 cm³/mol. The number of nitrogens with one attached hydrogen (secondary N) is 1. The van der Waals surface area contributed by atoms with Crippen molar-refractivity contribution < 1.29 is 19.2 Å². The highest BCUT2D eigenvalue weighted by atomic mass is 16.6. The Hall–Kier alpha value is -3.75. The Morgan fingerprint density at radius 1 is 1.20 bits per heavy atom. The van der Waals surface area contributed by atoms with Gasteiger partial charge in [0.25, 0.3) is 11.6 Å². The van der Waals surface area contributed by atoms with Crippen molar-refractivity contribution in [2.45, 2.75) is 0 Å². The van der Waals surface area contributed by atoms with Crippen LogP contribution in [0.5, 0.6) is 0 Å². The first-order valence-corrected chi connectivity index (χ1v) is 7.19. The summed E-state index contributed by atoms with van der Waals surface area (Å²) >= 11 is 0. The molecule has 0 aliphatic carbocycles. The number of hydrogen-bond donors (Lipinski definition) is 1. The quantitative estimate of drug-likeness (QED) is 0.432. The second-order valence-corrected chi connectivity index (χ2v) is 4.99. The molecule has 126 valence electrons. The van der Waals surface area contributed by atoms with Gasteiger partial charge in [0.2, 0.25) is 0 Å². The van der Waals surface area contributed by atoms with Gasteiger partial charge in [0.05, 0.1) is 4.92 Å². The third kappa shape index (κ3) is 3.61. The zero-order valence-electron chi connectivity index (χ0n) is 12.8. The summed E-state index contributed by atoms with van der Waals surface area (Å²) in [7, 11) is 0. The van der Waals surface area contributed by atoms with Gasteiger partial charge in [0, 0.05) is 18.5 Å². The SMILES string of the molecule is O=C(COC(=O)c1cn2ccccc2n1)Nc1ccccc1[N+](=O)[O-]. The van der Waals surface area contributed by atoms with E-state index in [1.165, 1.54) is 24.4 Å². The molecule has 3 aromatic rings. The number of pyridine rings is 1. The molecule has 1 aromatic carbocycles. The molecule has 1 N–H and O–H groups in total. The average molecular weight is 340 g/mol. The van der Waals surface area contributed by atoms with E-state index >= 15 is 0 Å². The molecule has 25 heavy (non-hydrogen) atoms. The highest BCUT2D eigenvalue weighted by Crippen LogP contribution is 2.22. The Morgan fingerprint density at radius 2 is 1.96 bits per heavy atom. The number of benzene rings is 1. The third-order valence-electron chi connectivity index (χ3n) is 3.28. The van der Waals surface area contributed by atoms with Crippen molar-refractivity contribution in [1.82, 2.24) is 9.38 Å². The summed E-state index contributed by atoms with van der Waals surface area (Å²) in [5.41, 5.74) is 0.410. The summed E-state index contributed by atoms with van der Waals surface area (Å²) in [6.07, 6.45) is 3.21. The molecule has 9 heteroatoms. The molecule has 0 aliphatic heterocycles. The Kier molecular flexibility index (Phi) is 4.38. The molecule has 3 rings (SSSR count). The lowest BCUT2D eigenvalue weighted by Crippen LogP contribution is -2.21. The first-order chi connectivity index (χ1) is 12.0. The molecule has 0 radical (unpaired) electrons. The number of anilines is 1. The Balaban J connectivity index is 1.62. The van der Waals surface area contributed by atoms with Crippen molar-refractivity contribution in [3.63, 3.8) is 0 Å². The number of imidazole rings is 1. The maximum atomic E-state index is 12.0. The van der Waals surface area contributed by atoms with E-state index in [0.29, 0.717) is 5.65 Å². The fraction of sp³-hybridized carbons (Fsp3) is 0.0625. The van der Waals surface area contributed by atoms with Crippen molar-refractivity contribution in [2.24, 2.45) is 0 Å². The number of carbonyl (C=O) groups is 2. The summed E-state index contributed by atoms with van der Waals surface area (Å²) in [4.78, 5) is 38.2. The van der Waals surface area contributed by atoms with Gasteiger partial charge in [-0.2, -0.15) is 0 Å². The smallest absolute Gasteiger partial charge is 0.359 e. The van der Waals surface area contributed by atoms with Crippen LogP contribution in [-0.2, 0) is 9.53 Å². The molecule has 0 spiro atoms. The van der Waals surface area contributed by atoms with Gasteiger partial charge in [-0.3, -0.25) is 14.9 Å². The fourth-order valence-corrected chi connectivity index (χ4v) is 2.16. The van der Waals surface area contributed by atoms with Crippen LogP contribution in [0.2, 0.25) is 0 Å². The lowest BCUT2D eigenvalue weighted by molar-refractivity contribution is -0.383.